The van der Waals surface area contributed by atoms with Crippen molar-refractivity contribution in [3.8, 4) is 0 Å². The van der Waals surface area contributed by atoms with Gasteiger partial charge in [0.2, 0.25) is 5.91 Å². The van der Waals surface area contributed by atoms with Crippen LogP contribution < -0.4 is 4.90 Å². The fraction of sp³-hybridized carbons (Fsp3) is 0.263. The molecule has 1 fully saturated rings. The number of piperazine rings is 1. The molecule has 0 N–H and O–H groups in total. The van der Waals surface area contributed by atoms with E-state index in [1.807, 2.05) is 43.3 Å². The van der Waals surface area contributed by atoms with Crippen LogP contribution in [0.5, 0.6) is 0 Å². The van der Waals surface area contributed by atoms with Crippen LogP contribution in [0.15, 0.2) is 48.5 Å². The van der Waals surface area contributed by atoms with E-state index in [2.05, 4.69) is 0 Å². The second kappa shape index (κ2) is 6.65. The number of hydrogen-bond donors (Lipinski definition) is 0. The number of halogens is 1. The number of anilines is 1. The molecule has 0 unspecified atom stereocenters. The number of amides is 2. The first kappa shape index (κ1) is 16.5. The van der Waals surface area contributed by atoms with Crippen LogP contribution in [-0.2, 0) is 4.79 Å². The molecular weight excluding hydrogens is 324 g/mol. The van der Waals surface area contributed by atoms with E-state index < -0.39 is 6.04 Å². The lowest BCUT2D eigenvalue weighted by Crippen LogP contribution is -2.57. The van der Waals surface area contributed by atoms with Gasteiger partial charge in [-0.1, -0.05) is 41.9 Å². The minimum atomic E-state index is -0.526. The lowest BCUT2D eigenvalue weighted by molar-refractivity contribution is -0.124. The summed E-state index contributed by atoms with van der Waals surface area (Å²) in [6.07, 6.45) is 0. The van der Waals surface area contributed by atoms with Crippen LogP contribution in [0, 0.1) is 6.92 Å². The van der Waals surface area contributed by atoms with Gasteiger partial charge in [-0.15, -0.1) is 0 Å². The Morgan fingerprint density at radius 3 is 2.46 bits per heavy atom. The van der Waals surface area contributed by atoms with Gasteiger partial charge < -0.3 is 9.80 Å². The molecule has 2 aromatic rings. The maximum Gasteiger partial charge on any atom is 0.254 e. The quantitative estimate of drug-likeness (QED) is 0.837. The number of aryl methyl sites for hydroxylation is 1. The molecule has 1 heterocycles. The van der Waals surface area contributed by atoms with E-state index in [-0.39, 0.29) is 11.8 Å². The minimum absolute atomic E-state index is 0.104. The smallest absolute Gasteiger partial charge is 0.254 e. The van der Waals surface area contributed by atoms with Crippen LogP contribution in [0.2, 0.25) is 5.02 Å². The zero-order valence-electron chi connectivity index (χ0n) is 13.7. The SMILES string of the molecule is Cc1ccccc1C(=O)N1CCN(c2ccccc2Cl)C(=O)[C@H]1C. The topological polar surface area (TPSA) is 40.6 Å². The second-order valence-corrected chi connectivity index (χ2v) is 6.34. The molecule has 24 heavy (non-hydrogen) atoms. The number of hydrogen-bond acceptors (Lipinski definition) is 2. The molecule has 2 amide bonds. The van der Waals surface area contributed by atoms with Crippen molar-refractivity contribution in [1.29, 1.82) is 0 Å². The lowest BCUT2D eigenvalue weighted by atomic mass is 10.0. The zero-order valence-corrected chi connectivity index (χ0v) is 14.5. The molecule has 0 saturated carbocycles. The van der Waals surface area contributed by atoms with E-state index in [1.165, 1.54) is 0 Å². The molecule has 0 aromatic heterocycles. The fourth-order valence-electron chi connectivity index (χ4n) is 3.03. The normalized spacial score (nSPS) is 18.0. The molecule has 1 aliphatic rings. The third kappa shape index (κ3) is 2.89. The van der Waals surface area contributed by atoms with Gasteiger partial charge >= 0.3 is 0 Å². The monoisotopic (exact) mass is 342 g/mol. The number of carbonyl (C=O) groups is 2. The van der Waals surface area contributed by atoms with Crippen LogP contribution in [0.4, 0.5) is 5.69 Å². The summed E-state index contributed by atoms with van der Waals surface area (Å²) in [5.41, 5.74) is 2.25. The largest absolute Gasteiger partial charge is 0.325 e. The van der Waals surface area contributed by atoms with Crippen molar-refractivity contribution in [3.05, 3.63) is 64.7 Å². The summed E-state index contributed by atoms with van der Waals surface area (Å²) in [7, 11) is 0. The molecule has 0 bridgehead atoms. The third-order valence-electron chi connectivity index (χ3n) is 4.44. The summed E-state index contributed by atoms with van der Waals surface area (Å²) in [5, 5.41) is 0.539. The van der Waals surface area contributed by atoms with Crippen LogP contribution in [0.3, 0.4) is 0 Å². The van der Waals surface area contributed by atoms with E-state index in [4.69, 9.17) is 11.6 Å². The van der Waals surface area contributed by atoms with E-state index in [1.54, 1.807) is 28.9 Å². The van der Waals surface area contributed by atoms with Crippen molar-refractivity contribution >= 4 is 29.1 Å². The van der Waals surface area contributed by atoms with Gasteiger partial charge in [0.1, 0.15) is 6.04 Å². The van der Waals surface area contributed by atoms with Crippen LogP contribution in [0.25, 0.3) is 0 Å². The molecule has 124 valence electrons. The molecule has 0 spiro atoms. The Hall–Kier alpha value is -2.33. The molecule has 0 aliphatic carbocycles. The van der Waals surface area contributed by atoms with E-state index in [9.17, 15) is 9.59 Å². The highest BCUT2D eigenvalue weighted by Gasteiger charge is 2.36. The van der Waals surface area contributed by atoms with Gasteiger partial charge in [0.15, 0.2) is 0 Å². The van der Waals surface area contributed by atoms with E-state index in [0.29, 0.717) is 29.4 Å². The third-order valence-corrected chi connectivity index (χ3v) is 4.75. The van der Waals surface area contributed by atoms with E-state index >= 15 is 0 Å². The van der Waals surface area contributed by atoms with E-state index in [0.717, 1.165) is 5.56 Å². The lowest BCUT2D eigenvalue weighted by Gasteiger charge is -2.39. The van der Waals surface area contributed by atoms with Crippen LogP contribution in [0.1, 0.15) is 22.8 Å². The summed E-state index contributed by atoms with van der Waals surface area (Å²) in [5.74, 6) is -0.218. The first-order chi connectivity index (χ1) is 11.5. The zero-order chi connectivity index (χ0) is 17.3. The van der Waals surface area contributed by atoms with Gasteiger partial charge in [-0.3, -0.25) is 9.59 Å². The average molecular weight is 343 g/mol. The van der Waals surface area contributed by atoms with Gasteiger partial charge in [0.05, 0.1) is 10.7 Å². The summed E-state index contributed by atoms with van der Waals surface area (Å²) >= 11 is 6.21. The molecular formula is C19H19ClN2O2. The molecule has 2 aromatic carbocycles. The van der Waals surface area contributed by atoms with Crippen molar-refractivity contribution in [3.63, 3.8) is 0 Å². The highest BCUT2D eigenvalue weighted by molar-refractivity contribution is 6.33. The Morgan fingerprint density at radius 2 is 1.75 bits per heavy atom. The molecule has 1 saturated heterocycles. The number of carbonyl (C=O) groups excluding carboxylic acids is 2. The number of nitrogens with zero attached hydrogens (tertiary/aromatic N) is 2. The van der Waals surface area contributed by atoms with Gasteiger partial charge in [0, 0.05) is 18.7 Å². The Bertz CT molecular complexity index is 790. The van der Waals surface area contributed by atoms with Crippen molar-refractivity contribution in [1.82, 2.24) is 4.90 Å². The first-order valence-electron chi connectivity index (χ1n) is 7.93. The molecule has 1 atom stereocenters. The summed E-state index contributed by atoms with van der Waals surface area (Å²) < 4.78 is 0. The van der Waals surface area contributed by atoms with Gasteiger partial charge in [-0.25, -0.2) is 0 Å². The Labute approximate surface area is 146 Å². The molecule has 4 nitrogen and oxygen atoms in total. The maximum absolute atomic E-state index is 12.8. The average Bonchev–Trinajstić information content (AvgIpc) is 2.58. The summed E-state index contributed by atoms with van der Waals surface area (Å²) in [4.78, 5) is 28.9. The Morgan fingerprint density at radius 1 is 1.08 bits per heavy atom. The van der Waals surface area contributed by atoms with Crippen LogP contribution in [-0.4, -0.2) is 35.8 Å². The highest BCUT2D eigenvalue weighted by atomic mass is 35.5. The second-order valence-electron chi connectivity index (χ2n) is 5.93. The first-order valence-corrected chi connectivity index (χ1v) is 8.31. The predicted molar refractivity (Wildman–Crippen MR) is 95.5 cm³/mol. The van der Waals surface area contributed by atoms with Crippen molar-refractivity contribution in [2.45, 2.75) is 19.9 Å². The number of para-hydroxylation sites is 1. The van der Waals surface area contributed by atoms with Gasteiger partial charge in [-0.05, 0) is 37.6 Å². The van der Waals surface area contributed by atoms with Gasteiger partial charge in [-0.2, -0.15) is 0 Å². The maximum atomic E-state index is 12.8. The number of benzene rings is 2. The summed E-state index contributed by atoms with van der Waals surface area (Å²) in [6, 6.07) is 14.2. The fourth-order valence-corrected chi connectivity index (χ4v) is 3.26. The van der Waals surface area contributed by atoms with Gasteiger partial charge in [0.25, 0.3) is 5.91 Å². The molecule has 1 aliphatic heterocycles. The van der Waals surface area contributed by atoms with Crippen molar-refractivity contribution in [2.75, 3.05) is 18.0 Å². The molecule has 0 radical (unpaired) electrons. The highest BCUT2D eigenvalue weighted by Crippen LogP contribution is 2.28. The Kier molecular flexibility index (Phi) is 4.58. The van der Waals surface area contributed by atoms with Crippen molar-refractivity contribution < 1.29 is 9.59 Å². The minimum Gasteiger partial charge on any atom is -0.325 e. The number of rotatable bonds is 2. The summed E-state index contributed by atoms with van der Waals surface area (Å²) in [6.45, 7) is 4.58. The van der Waals surface area contributed by atoms with Crippen LogP contribution >= 0.6 is 11.6 Å². The standard InChI is InChI=1S/C19H19ClN2O2/c1-13-7-3-4-8-15(13)19(24)21-11-12-22(18(23)14(21)2)17-10-6-5-9-16(17)20/h3-10,14H,11-12H2,1-2H3/t14-/m1/s1. The predicted octanol–water partition coefficient (Wildman–Crippen LogP) is 3.53. The molecule has 3 rings (SSSR count). The van der Waals surface area contributed by atoms with Crippen molar-refractivity contribution in [2.24, 2.45) is 0 Å². The molecule has 5 heteroatoms. The Balaban J connectivity index is 1.84.